The van der Waals surface area contributed by atoms with Crippen molar-refractivity contribution in [1.29, 1.82) is 0 Å². The molecule has 0 aromatic heterocycles. The van der Waals surface area contributed by atoms with E-state index in [1.807, 2.05) is 13.8 Å². The first-order valence-electron chi connectivity index (χ1n) is 3.61. The average molecular weight is 150 g/mol. The lowest BCUT2D eigenvalue weighted by Crippen LogP contribution is -1.88. The van der Waals surface area contributed by atoms with Gasteiger partial charge in [-0.05, 0) is 18.4 Å². The van der Waals surface area contributed by atoms with Gasteiger partial charge in [-0.1, -0.05) is 13.5 Å². The summed E-state index contributed by atoms with van der Waals surface area (Å²) in [5, 5.41) is 0. The van der Waals surface area contributed by atoms with Gasteiger partial charge in [-0.3, -0.25) is 4.99 Å². The fourth-order valence-corrected chi connectivity index (χ4v) is 0.504. The number of hydrogen-bond donors (Lipinski definition) is 0. The number of hydrogen-bond acceptors (Lipinski definition) is 1. The maximum Gasteiger partial charge on any atom is 0.132 e. The second-order valence-electron chi connectivity index (χ2n) is 2.22. The van der Waals surface area contributed by atoms with Gasteiger partial charge in [0.05, 0.1) is 0 Å². The maximum atomic E-state index is 3.98. The van der Waals surface area contributed by atoms with Crippen LogP contribution in [0, 0.1) is 0 Å². The molecule has 0 saturated heterocycles. The standard InChI is InChI=1S/C9H14N2/c1-5-9(10-4)11-7-6-8(2)3/h6H,2,5H2,1,3-4H3/b10-9-. The number of rotatable bonds is 2. The molecule has 0 spiro atoms. The summed E-state index contributed by atoms with van der Waals surface area (Å²) in [4.78, 5) is 7.93. The number of allylic oxidation sites excluding steroid dienone is 2. The van der Waals surface area contributed by atoms with E-state index in [1.165, 1.54) is 0 Å². The van der Waals surface area contributed by atoms with Gasteiger partial charge in [0, 0.05) is 19.5 Å². The molecule has 0 heterocycles. The van der Waals surface area contributed by atoms with Crippen LogP contribution in [0.3, 0.4) is 0 Å². The Morgan fingerprint density at radius 2 is 2.27 bits per heavy atom. The SMILES string of the molecule is C=C(C)C=C=N/C(CC)=N\C. The summed E-state index contributed by atoms with van der Waals surface area (Å²) in [7, 11) is 1.73. The molecule has 0 rings (SSSR count). The second-order valence-corrected chi connectivity index (χ2v) is 2.22. The fourth-order valence-electron chi connectivity index (χ4n) is 0.504. The normalized spacial score (nSPS) is 10.3. The van der Waals surface area contributed by atoms with Crippen LogP contribution in [0.25, 0.3) is 0 Å². The molecule has 0 radical (unpaired) electrons. The van der Waals surface area contributed by atoms with Crippen LogP contribution in [-0.4, -0.2) is 18.8 Å². The molecule has 11 heavy (non-hydrogen) atoms. The van der Waals surface area contributed by atoms with E-state index in [1.54, 1.807) is 13.1 Å². The average Bonchev–Trinajstić information content (AvgIpc) is 1.98. The Bertz CT molecular complexity index is 218. The van der Waals surface area contributed by atoms with E-state index in [0.717, 1.165) is 17.8 Å². The third-order valence-electron chi connectivity index (χ3n) is 1.08. The van der Waals surface area contributed by atoms with Crippen molar-refractivity contribution in [2.75, 3.05) is 7.05 Å². The topological polar surface area (TPSA) is 24.7 Å². The van der Waals surface area contributed by atoms with Crippen molar-refractivity contribution in [1.82, 2.24) is 0 Å². The van der Waals surface area contributed by atoms with Crippen LogP contribution >= 0.6 is 0 Å². The molecule has 0 amide bonds. The molecule has 0 N–H and O–H groups in total. The Balaban J connectivity index is 4.22. The largest absolute Gasteiger partial charge is 0.273 e. The molecule has 0 unspecified atom stereocenters. The summed E-state index contributed by atoms with van der Waals surface area (Å²) < 4.78 is 0. The van der Waals surface area contributed by atoms with Gasteiger partial charge in [0.25, 0.3) is 0 Å². The molecule has 0 aliphatic heterocycles. The Morgan fingerprint density at radius 3 is 2.64 bits per heavy atom. The number of nitrogens with zero attached hydrogens (tertiary/aromatic N) is 2. The second kappa shape index (κ2) is 5.63. The lowest BCUT2D eigenvalue weighted by molar-refractivity contribution is 1.22. The molecule has 0 bridgehead atoms. The molecule has 2 heteroatoms. The van der Waals surface area contributed by atoms with E-state index < -0.39 is 0 Å². The first kappa shape index (κ1) is 9.86. The lowest BCUT2D eigenvalue weighted by atomic mass is 10.3. The van der Waals surface area contributed by atoms with Crippen molar-refractivity contribution in [3.63, 3.8) is 0 Å². The van der Waals surface area contributed by atoms with E-state index in [9.17, 15) is 0 Å². The summed E-state index contributed by atoms with van der Waals surface area (Å²) in [5.41, 5.74) is 0.945. The van der Waals surface area contributed by atoms with Gasteiger partial charge >= 0.3 is 0 Å². The predicted molar refractivity (Wildman–Crippen MR) is 50.5 cm³/mol. The summed E-state index contributed by atoms with van der Waals surface area (Å²) in [6.45, 7) is 7.59. The smallest absolute Gasteiger partial charge is 0.132 e. The molecular formula is C9H14N2. The molecule has 0 aromatic rings. The van der Waals surface area contributed by atoms with Crippen LogP contribution in [-0.2, 0) is 0 Å². The Labute approximate surface area is 68.1 Å². The maximum absolute atomic E-state index is 3.98. The van der Waals surface area contributed by atoms with Crippen LogP contribution < -0.4 is 0 Å². The van der Waals surface area contributed by atoms with Crippen LogP contribution in [0.5, 0.6) is 0 Å². The Kier molecular flexibility index (Phi) is 5.05. The molecule has 0 saturated carbocycles. The van der Waals surface area contributed by atoms with Crippen LogP contribution in [0.4, 0.5) is 0 Å². The fraction of sp³-hybridized carbons (Fsp3) is 0.444. The summed E-state index contributed by atoms with van der Waals surface area (Å²) >= 11 is 0. The van der Waals surface area contributed by atoms with Crippen LogP contribution in [0.15, 0.2) is 28.2 Å². The first-order chi connectivity index (χ1) is 5.20. The van der Waals surface area contributed by atoms with Crippen LogP contribution in [0.2, 0.25) is 0 Å². The molecule has 0 aromatic carbocycles. The highest BCUT2D eigenvalue weighted by Crippen LogP contribution is 1.86. The molecular weight excluding hydrogens is 136 g/mol. The zero-order valence-electron chi connectivity index (χ0n) is 7.39. The summed E-state index contributed by atoms with van der Waals surface area (Å²) in [6, 6.07) is 0. The zero-order chi connectivity index (χ0) is 8.69. The first-order valence-corrected chi connectivity index (χ1v) is 3.61. The van der Waals surface area contributed by atoms with E-state index in [2.05, 4.69) is 22.4 Å². The van der Waals surface area contributed by atoms with Gasteiger partial charge in [-0.15, -0.1) is 0 Å². The highest BCUT2D eigenvalue weighted by molar-refractivity contribution is 5.88. The summed E-state index contributed by atoms with van der Waals surface area (Å²) in [6.07, 6.45) is 2.58. The van der Waals surface area contributed by atoms with Gasteiger partial charge < -0.3 is 0 Å². The predicted octanol–water partition coefficient (Wildman–Crippen LogP) is 2.23. The monoisotopic (exact) mass is 150 g/mol. The highest BCUT2D eigenvalue weighted by atomic mass is 14.9. The minimum atomic E-state index is 0.808. The van der Waals surface area contributed by atoms with Gasteiger partial charge in [-0.25, -0.2) is 0 Å². The molecule has 60 valence electrons. The van der Waals surface area contributed by atoms with Gasteiger partial charge in [-0.2, -0.15) is 4.99 Å². The zero-order valence-corrected chi connectivity index (χ0v) is 7.39. The molecule has 2 nitrogen and oxygen atoms in total. The number of amidine groups is 1. The van der Waals surface area contributed by atoms with Gasteiger partial charge in [0.15, 0.2) is 0 Å². The van der Waals surface area contributed by atoms with E-state index in [-0.39, 0.29) is 0 Å². The Hall–Kier alpha value is -1.14. The minimum Gasteiger partial charge on any atom is -0.273 e. The highest BCUT2D eigenvalue weighted by Gasteiger charge is 1.84. The Morgan fingerprint density at radius 1 is 1.64 bits per heavy atom. The molecule has 0 atom stereocenters. The minimum absolute atomic E-state index is 0.808. The molecule has 0 fully saturated rings. The van der Waals surface area contributed by atoms with Crippen molar-refractivity contribution in [3.05, 3.63) is 18.2 Å². The third kappa shape index (κ3) is 5.31. The van der Waals surface area contributed by atoms with Crippen molar-refractivity contribution < 1.29 is 0 Å². The molecule has 0 aliphatic carbocycles. The number of aliphatic imine (C=N–C) groups is 2. The molecule has 0 aliphatic rings. The van der Waals surface area contributed by atoms with Gasteiger partial charge in [0.2, 0.25) is 0 Å². The van der Waals surface area contributed by atoms with Crippen molar-refractivity contribution in [3.8, 4) is 0 Å². The van der Waals surface area contributed by atoms with Crippen molar-refractivity contribution in [2.45, 2.75) is 20.3 Å². The van der Waals surface area contributed by atoms with Crippen LogP contribution in [0.1, 0.15) is 20.3 Å². The quantitative estimate of drug-likeness (QED) is 0.327. The third-order valence-corrected chi connectivity index (χ3v) is 1.08. The van der Waals surface area contributed by atoms with Crippen molar-refractivity contribution in [2.24, 2.45) is 9.98 Å². The van der Waals surface area contributed by atoms with Gasteiger partial charge in [0.1, 0.15) is 5.84 Å². The van der Waals surface area contributed by atoms with E-state index in [0.29, 0.717) is 0 Å². The van der Waals surface area contributed by atoms with E-state index >= 15 is 0 Å². The summed E-state index contributed by atoms with van der Waals surface area (Å²) in [5.74, 6) is 3.56. The van der Waals surface area contributed by atoms with Crippen molar-refractivity contribution >= 4 is 11.7 Å². The van der Waals surface area contributed by atoms with E-state index in [4.69, 9.17) is 0 Å². The lowest BCUT2D eigenvalue weighted by Gasteiger charge is -1.87.